The maximum atomic E-state index is 10.5. The highest BCUT2D eigenvalue weighted by Gasteiger charge is 2.18. The normalized spacial score (nSPS) is 11.2. The van der Waals surface area contributed by atoms with Gasteiger partial charge in [-0.25, -0.2) is 19.7 Å². The van der Waals surface area contributed by atoms with Crippen molar-refractivity contribution in [3.05, 3.63) is 241 Å². The standard InChI is InChI=1S/C61H35N7/c1-63-53-18-8-3-16-50(53)56-37-55(65-61(66-56)51-17-4-9-19-54(51)64-2)41-25-23-40(24-26-41)46-33-29-42(35-43(46)38-62)39-27-30-44(31-28-39)67-59-22-12-7-15-49(59)52-36-45(32-34-60(52)67)68-57-20-10-5-13-47(57)48-14-6-11-21-58(48)68/h3-37H. The Balaban J connectivity index is 0.868. The third-order valence-corrected chi connectivity index (χ3v) is 12.9. The van der Waals surface area contributed by atoms with E-state index in [1.807, 2.05) is 78.9 Å². The maximum absolute atomic E-state index is 10.5. The molecule has 0 saturated heterocycles. The van der Waals surface area contributed by atoms with E-state index in [9.17, 15) is 5.26 Å². The van der Waals surface area contributed by atoms with Crippen molar-refractivity contribution in [3.63, 3.8) is 0 Å². The lowest BCUT2D eigenvalue weighted by Crippen LogP contribution is -1.96. The second kappa shape index (κ2) is 16.3. The molecule has 68 heavy (non-hydrogen) atoms. The van der Waals surface area contributed by atoms with Crippen molar-refractivity contribution in [1.82, 2.24) is 19.1 Å². The van der Waals surface area contributed by atoms with E-state index in [1.165, 1.54) is 32.6 Å². The minimum absolute atomic E-state index is 0.406. The Kier molecular flexibility index (Phi) is 9.51. The van der Waals surface area contributed by atoms with Gasteiger partial charge in [0.05, 0.1) is 58.2 Å². The molecule has 3 heterocycles. The number of hydrogen-bond acceptors (Lipinski definition) is 3. The van der Waals surface area contributed by atoms with Crippen LogP contribution >= 0.6 is 0 Å². The molecule has 0 aliphatic carbocycles. The van der Waals surface area contributed by atoms with Gasteiger partial charge in [-0.3, -0.25) is 0 Å². The minimum atomic E-state index is 0.406. The molecule has 12 aromatic rings. The highest BCUT2D eigenvalue weighted by atomic mass is 15.0. The van der Waals surface area contributed by atoms with Crippen molar-refractivity contribution in [1.29, 1.82) is 5.26 Å². The summed E-state index contributed by atoms with van der Waals surface area (Å²) in [6, 6.07) is 74.2. The number of nitrogens with zero attached hydrogens (tertiary/aromatic N) is 7. The van der Waals surface area contributed by atoms with Crippen LogP contribution in [0, 0.1) is 24.5 Å². The van der Waals surface area contributed by atoms with Crippen molar-refractivity contribution in [2.45, 2.75) is 0 Å². The molecule has 0 N–H and O–H groups in total. The van der Waals surface area contributed by atoms with Gasteiger partial charge in [0, 0.05) is 49.6 Å². The lowest BCUT2D eigenvalue weighted by molar-refractivity contribution is 1.17. The molecule has 0 spiro atoms. The zero-order valence-corrected chi connectivity index (χ0v) is 36.3. The van der Waals surface area contributed by atoms with Crippen molar-refractivity contribution < 1.29 is 0 Å². The van der Waals surface area contributed by atoms with E-state index in [0.29, 0.717) is 45.3 Å². The van der Waals surface area contributed by atoms with Gasteiger partial charge in [0.15, 0.2) is 11.4 Å². The van der Waals surface area contributed by atoms with E-state index in [0.717, 1.165) is 50.2 Å². The molecule has 0 radical (unpaired) electrons. The predicted molar refractivity (Wildman–Crippen MR) is 275 cm³/mol. The zero-order chi connectivity index (χ0) is 45.7. The van der Waals surface area contributed by atoms with E-state index >= 15 is 0 Å². The van der Waals surface area contributed by atoms with Crippen LogP contribution in [0.1, 0.15) is 5.56 Å². The van der Waals surface area contributed by atoms with E-state index < -0.39 is 0 Å². The summed E-state index contributed by atoms with van der Waals surface area (Å²) < 4.78 is 4.70. The van der Waals surface area contributed by atoms with Crippen LogP contribution < -0.4 is 0 Å². The number of aromatic nitrogens is 4. The van der Waals surface area contributed by atoms with Crippen LogP contribution in [-0.4, -0.2) is 19.1 Å². The highest BCUT2D eigenvalue weighted by molar-refractivity contribution is 6.12. The van der Waals surface area contributed by atoms with Gasteiger partial charge in [-0.05, 0) is 82.9 Å². The quantitative estimate of drug-likeness (QED) is 0.150. The van der Waals surface area contributed by atoms with Crippen LogP contribution in [0.4, 0.5) is 11.4 Å². The first kappa shape index (κ1) is 39.7. The Hall–Kier alpha value is -9.87. The first-order valence-corrected chi connectivity index (χ1v) is 22.2. The second-order valence-corrected chi connectivity index (χ2v) is 16.6. The minimum Gasteiger partial charge on any atom is -0.309 e. The van der Waals surface area contributed by atoms with Gasteiger partial charge in [-0.2, -0.15) is 5.26 Å². The Labute approximate surface area is 392 Å². The van der Waals surface area contributed by atoms with Gasteiger partial charge in [0.2, 0.25) is 0 Å². The van der Waals surface area contributed by atoms with Gasteiger partial charge < -0.3 is 9.13 Å². The molecule has 7 nitrogen and oxygen atoms in total. The van der Waals surface area contributed by atoms with E-state index in [2.05, 4.69) is 146 Å². The van der Waals surface area contributed by atoms with E-state index in [4.69, 9.17) is 23.1 Å². The maximum Gasteiger partial charge on any atom is 0.198 e. The molecule has 9 aromatic carbocycles. The molecule has 0 unspecified atom stereocenters. The number of para-hydroxylation sites is 5. The zero-order valence-electron chi connectivity index (χ0n) is 36.3. The molecule has 314 valence electrons. The Morgan fingerprint density at radius 2 is 0.868 bits per heavy atom. The van der Waals surface area contributed by atoms with Gasteiger partial charge >= 0.3 is 0 Å². The third kappa shape index (κ3) is 6.57. The van der Waals surface area contributed by atoms with Crippen LogP contribution in [0.2, 0.25) is 0 Å². The molecule has 7 heteroatoms. The average Bonchev–Trinajstić information content (AvgIpc) is 3.93. The number of fused-ring (bicyclic) bond motifs is 6. The van der Waals surface area contributed by atoms with Crippen LogP contribution in [-0.2, 0) is 0 Å². The monoisotopic (exact) mass is 865 g/mol. The van der Waals surface area contributed by atoms with Gasteiger partial charge in [-0.1, -0.05) is 152 Å². The fourth-order valence-electron chi connectivity index (χ4n) is 9.67. The first-order valence-electron chi connectivity index (χ1n) is 22.2. The summed E-state index contributed by atoms with van der Waals surface area (Å²) in [6.45, 7) is 15.6. The molecule has 0 aliphatic rings. The summed E-state index contributed by atoms with van der Waals surface area (Å²) in [5.41, 5.74) is 15.4. The number of benzene rings is 9. The van der Waals surface area contributed by atoms with Gasteiger partial charge in [0.25, 0.3) is 0 Å². The van der Waals surface area contributed by atoms with Gasteiger partial charge in [-0.15, -0.1) is 0 Å². The number of rotatable bonds is 7. The Morgan fingerprint density at radius 1 is 0.382 bits per heavy atom. The molecule has 0 bridgehead atoms. The number of hydrogen-bond donors (Lipinski definition) is 0. The first-order chi connectivity index (χ1) is 33.6. The van der Waals surface area contributed by atoms with Crippen molar-refractivity contribution in [2.75, 3.05) is 0 Å². The highest BCUT2D eigenvalue weighted by Crippen LogP contribution is 2.39. The molecule has 0 atom stereocenters. The summed E-state index contributed by atoms with van der Waals surface area (Å²) >= 11 is 0. The van der Waals surface area contributed by atoms with Crippen LogP contribution in [0.3, 0.4) is 0 Å². The van der Waals surface area contributed by atoms with Gasteiger partial charge in [0.1, 0.15) is 5.82 Å². The Morgan fingerprint density at radius 3 is 1.51 bits per heavy atom. The van der Waals surface area contributed by atoms with Crippen molar-refractivity contribution in [3.8, 4) is 73.6 Å². The summed E-state index contributed by atoms with van der Waals surface area (Å²) in [4.78, 5) is 17.3. The summed E-state index contributed by atoms with van der Waals surface area (Å²) in [6.07, 6.45) is 0. The van der Waals surface area contributed by atoms with E-state index in [-0.39, 0.29) is 0 Å². The Bertz CT molecular complexity index is 3990. The van der Waals surface area contributed by atoms with Crippen LogP contribution in [0.25, 0.3) is 121 Å². The van der Waals surface area contributed by atoms with Crippen molar-refractivity contribution >= 4 is 55.0 Å². The predicted octanol–water partition coefficient (Wildman–Crippen LogP) is 16.0. The molecule has 0 fully saturated rings. The molecular formula is C61H35N7. The molecule has 0 aliphatic heterocycles. The second-order valence-electron chi connectivity index (χ2n) is 16.6. The van der Waals surface area contributed by atoms with E-state index in [1.54, 1.807) is 12.1 Å². The fourth-order valence-corrected chi connectivity index (χ4v) is 9.67. The molecule has 3 aromatic heterocycles. The van der Waals surface area contributed by atoms with Crippen LogP contribution in [0.15, 0.2) is 212 Å². The lowest BCUT2D eigenvalue weighted by Gasteiger charge is -2.13. The molecule has 12 rings (SSSR count). The topological polar surface area (TPSA) is 68.2 Å². The molecule has 0 saturated carbocycles. The largest absolute Gasteiger partial charge is 0.309 e. The van der Waals surface area contributed by atoms with Crippen LogP contribution in [0.5, 0.6) is 0 Å². The molecular weight excluding hydrogens is 831 g/mol. The SMILES string of the molecule is [C-]#[N+]c1ccccc1-c1cc(-c2ccc(-c3ccc(-c4ccc(-n5c6ccccc6c6cc(-n7c8ccccc8c8ccccc87)ccc65)cc4)cc3C#N)cc2)nc(-c2ccccc2[N+]#[C-])n1. The summed E-state index contributed by atoms with van der Waals surface area (Å²) in [7, 11) is 0. The third-order valence-electron chi connectivity index (χ3n) is 12.9. The lowest BCUT2D eigenvalue weighted by atomic mass is 9.94. The average molecular weight is 866 g/mol. The summed E-state index contributed by atoms with van der Waals surface area (Å²) in [5.74, 6) is 0.406. The van der Waals surface area contributed by atoms with Crippen molar-refractivity contribution in [2.24, 2.45) is 0 Å². The smallest absolute Gasteiger partial charge is 0.198 e. The fraction of sp³-hybridized carbons (Fsp3) is 0. The molecule has 0 amide bonds. The number of nitriles is 1. The summed E-state index contributed by atoms with van der Waals surface area (Å²) in [5, 5.41) is 15.3.